The molecule has 0 radical (unpaired) electrons. The van der Waals surface area contributed by atoms with Crippen molar-refractivity contribution in [2.45, 2.75) is 347 Å². The summed E-state index contributed by atoms with van der Waals surface area (Å²) in [6, 6.07) is -9.49. The maximum atomic E-state index is 13.9. The van der Waals surface area contributed by atoms with Crippen LogP contribution in [0.25, 0.3) is 0 Å². The smallest absolute Gasteiger partial charge is 0.364 e. The molecular formula is C69H113N7O50. The van der Waals surface area contributed by atoms with Crippen LogP contribution < -0.4 is 38.5 Å². The van der Waals surface area contributed by atoms with Gasteiger partial charge in [0, 0.05) is 27.2 Å². The highest BCUT2D eigenvalue weighted by atomic mass is 16.8. The Labute approximate surface area is 711 Å². The summed E-state index contributed by atoms with van der Waals surface area (Å²) in [6.07, 6.45) is -99.0. The Bertz CT molecular complexity index is 3580. The minimum absolute atomic E-state index is 0.203. The first-order valence-electron chi connectivity index (χ1n) is 39.7. The number of nitrogens with two attached hydrogens (primary N) is 3. The van der Waals surface area contributed by atoms with Crippen molar-refractivity contribution in [2.24, 2.45) is 17.2 Å². The van der Waals surface area contributed by atoms with Gasteiger partial charge in [-0.2, -0.15) is 0 Å². The summed E-state index contributed by atoms with van der Waals surface area (Å²) in [5.74, 6) is -11.6. The number of carboxylic acids is 1. The van der Waals surface area contributed by atoms with Crippen LogP contribution in [-0.4, -0.2) is 510 Å². The normalized spacial score (nSPS) is 48.6. The van der Waals surface area contributed by atoms with E-state index in [9.17, 15) is 156 Å². The summed E-state index contributed by atoms with van der Waals surface area (Å²) in [7, 11) is 0. The second kappa shape index (κ2) is 43.5. The van der Waals surface area contributed by atoms with Gasteiger partial charge in [0.1, 0.15) is 201 Å². The molecule has 0 aromatic heterocycles. The van der Waals surface area contributed by atoms with Crippen LogP contribution in [0.15, 0.2) is 0 Å². The van der Waals surface area contributed by atoms with Crippen molar-refractivity contribution in [3.05, 3.63) is 0 Å². The number of carbonyl (C=O) groups excluding carboxylic acids is 6. The van der Waals surface area contributed by atoms with Crippen LogP contribution in [0.4, 0.5) is 0 Å². The molecule has 10 fully saturated rings. The Kier molecular flexibility index (Phi) is 35.5. The Hall–Kier alpha value is -5.43. The summed E-state index contributed by atoms with van der Waals surface area (Å²) >= 11 is 0. The summed E-state index contributed by atoms with van der Waals surface area (Å²) < 4.78 is 115. The number of amides is 6. The van der Waals surface area contributed by atoms with Crippen LogP contribution >= 0.6 is 0 Å². The van der Waals surface area contributed by atoms with Crippen molar-refractivity contribution >= 4 is 41.9 Å². The number of hydrogen-bond acceptors (Lipinski definition) is 50. The fourth-order valence-electron chi connectivity index (χ4n) is 16.3. The molecule has 0 unspecified atom stereocenters. The van der Waals surface area contributed by atoms with Crippen molar-refractivity contribution in [2.75, 3.05) is 39.6 Å². The summed E-state index contributed by atoms with van der Waals surface area (Å²) in [4.78, 5) is 90.8. The number of carboxylic acid groups (broad SMARTS) is 1. The molecule has 10 saturated heterocycles. The summed E-state index contributed by atoms with van der Waals surface area (Å²) in [5.41, 5.74) is 18.2. The molecule has 126 heavy (non-hydrogen) atoms. The molecule has 10 rings (SSSR count). The van der Waals surface area contributed by atoms with Gasteiger partial charge in [-0.25, -0.2) is 4.79 Å². The van der Waals surface area contributed by atoms with Crippen molar-refractivity contribution in [1.82, 2.24) is 21.3 Å². The predicted octanol–water partition coefficient (Wildman–Crippen LogP) is -21.8. The average molecular weight is 1840 g/mol. The zero-order valence-electron chi connectivity index (χ0n) is 67.4. The first-order chi connectivity index (χ1) is 59.3. The molecule has 0 aromatic rings. The van der Waals surface area contributed by atoms with E-state index in [1.54, 1.807) is 0 Å². The van der Waals surface area contributed by atoms with Gasteiger partial charge in [-0.3, -0.25) is 28.8 Å². The van der Waals surface area contributed by atoms with Crippen LogP contribution in [0.1, 0.15) is 41.0 Å². The average Bonchev–Trinajstić information content (AvgIpc) is 0.752. The van der Waals surface area contributed by atoms with Crippen molar-refractivity contribution in [1.29, 1.82) is 0 Å². The topological polar surface area (TPSA) is 907 Å². The predicted molar refractivity (Wildman–Crippen MR) is 386 cm³/mol. The summed E-state index contributed by atoms with van der Waals surface area (Å²) in [5, 5.41) is 279. The van der Waals surface area contributed by atoms with E-state index in [-0.39, 0.29) is 6.41 Å². The molecule has 6 amide bonds. The van der Waals surface area contributed by atoms with E-state index in [0.717, 1.165) is 27.7 Å². The minimum Gasteiger partial charge on any atom is -0.477 e. The molecule has 0 saturated carbocycles. The molecule has 50 atom stereocenters. The Balaban J connectivity index is 1.03. The Morgan fingerprint density at radius 2 is 0.762 bits per heavy atom. The lowest BCUT2D eigenvalue weighted by atomic mass is 9.92. The number of primary amides is 2. The molecule has 0 aliphatic carbocycles. The van der Waals surface area contributed by atoms with E-state index in [0.29, 0.717) is 0 Å². The largest absolute Gasteiger partial charge is 0.477 e. The van der Waals surface area contributed by atoms with Crippen LogP contribution in [0.3, 0.4) is 0 Å². The monoisotopic (exact) mass is 1840 g/mol. The quantitative estimate of drug-likeness (QED) is 0.0271. The first kappa shape index (κ1) is 103. The highest BCUT2D eigenvalue weighted by Crippen LogP contribution is 2.44. The van der Waals surface area contributed by atoms with Gasteiger partial charge in [-0.15, -0.1) is 0 Å². The van der Waals surface area contributed by atoms with Crippen LogP contribution in [-0.2, 0) is 124 Å². The van der Waals surface area contributed by atoms with Crippen LogP contribution in [0, 0.1) is 0 Å². The molecule has 34 N–H and O–H groups in total. The highest BCUT2D eigenvalue weighted by Gasteiger charge is 2.64. The maximum absolute atomic E-state index is 13.9. The standard InChI is InChI=1S/C69H113N7O50/c1-14-27(73-13-83)36(94)41(99)63(108-14)120-51-38(96)29(75-17(4)85)61(124-55(51)58(72)104)119-50-37(95)28(74-16(3)84)60(123-54(50)57(71)103)118-49-30(76-18(5)86)62(109-15(2)31(49)89)117-48-25(12-82)114-67(56(125-59-26(70)35(93)32(90)21(8-78)110-59)53(48)122-65-43(101)40(98)34(92)23(10-80)112-65)116-47-24(11-81)113-66(52(44(47)102)121-64-42(100)39(97)33(91)22(9-79)111-64)115-45-19(87)6-69(107,68(105)106)126-46(45)20(88)7-77/h13-15,19-56,59-67,77-82,87-102,107H,6-12,70H2,1-5H3,(H2,71,103)(H2,72,104)(H,73,83)(H,74,84)(H,75,85)(H,76,86)(H,105,106)/t14-,15-,19-,20-,21-,22-,23-,24-,25-,26-,27-,28-,29-,30-,31-,32+,33-,34-,35-,36+,37-,38-,39+,40+,41-,42-,43-,44+,45-,46-,47-,48-,49-,50-,51-,52+,53+,54+,55+,56+,59-,60+,61+,62+,63+,64+,65-,66-,67+,69-/m1/s1. The number of carbonyl (C=O) groups is 7. The number of rotatable bonds is 33. The van der Waals surface area contributed by atoms with Crippen LogP contribution in [0.5, 0.6) is 0 Å². The molecule has 10 heterocycles. The number of aliphatic hydroxyl groups is 23. The lowest BCUT2D eigenvalue weighted by Crippen LogP contribution is -2.73. The number of hydrogen-bond donors (Lipinski definition) is 31. The molecule has 0 spiro atoms. The summed E-state index contributed by atoms with van der Waals surface area (Å²) in [6.45, 7) is -2.45. The number of aliphatic carboxylic acids is 1. The van der Waals surface area contributed by atoms with Gasteiger partial charge in [0.2, 0.25) is 35.9 Å². The number of nitrogens with one attached hydrogen (secondary N) is 4. The molecule has 57 heteroatoms. The van der Waals surface area contributed by atoms with Crippen molar-refractivity contribution in [3.63, 3.8) is 0 Å². The van der Waals surface area contributed by atoms with Crippen molar-refractivity contribution in [3.8, 4) is 0 Å². The van der Waals surface area contributed by atoms with Gasteiger partial charge in [0.05, 0.1) is 70.0 Å². The molecular weight excluding hydrogens is 1730 g/mol. The first-order valence-corrected chi connectivity index (χ1v) is 39.7. The van der Waals surface area contributed by atoms with Gasteiger partial charge >= 0.3 is 5.97 Å². The zero-order valence-corrected chi connectivity index (χ0v) is 67.4. The van der Waals surface area contributed by atoms with E-state index in [2.05, 4.69) is 21.3 Å². The second-order valence-electron chi connectivity index (χ2n) is 31.7. The second-order valence-corrected chi connectivity index (χ2v) is 31.7. The third-order valence-electron chi connectivity index (χ3n) is 23.0. The third kappa shape index (κ3) is 21.9. The zero-order chi connectivity index (χ0) is 93.2. The lowest BCUT2D eigenvalue weighted by Gasteiger charge is -2.53. The number of aliphatic hydroxyl groups excluding tert-OH is 22. The third-order valence-corrected chi connectivity index (χ3v) is 23.0. The fraction of sp³-hybridized carbons (Fsp3) is 0.899. The van der Waals surface area contributed by atoms with Gasteiger partial charge in [0.15, 0.2) is 68.8 Å². The molecule has 57 nitrogen and oxygen atoms in total. The Morgan fingerprint density at radius 1 is 0.389 bits per heavy atom. The van der Waals surface area contributed by atoms with E-state index in [4.69, 9.17) is 107 Å². The van der Waals surface area contributed by atoms with Gasteiger partial charge in [0.25, 0.3) is 5.79 Å². The highest BCUT2D eigenvalue weighted by molar-refractivity contribution is 5.81. The van der Waals surface area contributed by atoms with Crippen LogP contribution in [0.2, 0.25) is 0 Å². The van der Waals surface area contributed by atoms with E-state index >= 15 is 0 Å². The lowest BCUT2D eigenvalue weighted by molar-refractivity contribution is -0.422. The Morgan fingerprint density at radius 3 is 1.23 bits per heavy atom. The molecule has 0 aromatic carbocycles. The van der Waals surface area contributed by atoms with Gasteiger partial charge in [-0.05, 0) is 13.8 Å². The molecule has 0 bridgehead atoms. The van der Waals surface area contributed by atoms with E-state index in [1.807, 2.05) is 0 Å². The molecule has 724 valence electrons. The van der Waals surface area contributed by atoms with Gasteiger partial charge in [-0.1, -0.05) is 0 Å². The van der Waals surface area contributed by atoms with Gasteiger partial charge < -0.3 is 251 Å². The number of ether oxygens (including phenoxy) is 19. The molecule has 10 aliphatic rings. The van der Waals surface area contributed by atoms with Crippen molar-refractivity contribution < 1.29 is 246 Å². The van der Waals surface area contributed by atoms with E-state index < -0.39 is 388 Å². The molecule has 10 aliphatic heterocycles. The van der Waals surface area contributed by atoms with E-state index in [1.165, 1.54) is 6.92 Å². The minimum atomic E-state index is -3.32. The maximum Gasteiger partial charge on any atom is 0.364 e. The SMILES string of the molecule is CC(=O)N[C@H]1[C@@H](O[C@@H]2[C@H](O)[C@@H](NC(C)=O)[C@@H](O[C@H]3[C@H](O)[C@@H](C)O[C@@H](O[C@H]4[C@H](O[C@H]5O[C@H](CO)[C@@H](O)[C@H](O)[C@H]5O)[C@H](O[C@H]5O[C@H](CO)[C@H](O)[C@H](O)[C@H]5N)[C@H](O[C@H]5[C@H](O)[C@H](O[C@@H]6O[C@H](CO)[C@@H](O)[C@H](O)[C@H]6O)[C@@H](O[C@H]6[C@@H]([C@H](O)CO)O[C@@](O)(C(=O)O)C[C@H]6O)O[C@@H]5CO)O[C@@H]4CO)[C@@H]3NC(C)=O)O[C@@H]2C(N)=O)O[C@H](C(N)=O)[C@H](O[C@@H]2O[C@H](C)[C@@H](NC=O)[C@H](O)[C@H]2O)[C@@H]1O. The fourth-order valence-corrected chi connectivity index (χ4v) is 16.3.